The predicted molar refractivity (Wildman–Crippen MR) is 96.7 cm³/mol. The second kappa shape index (κ2) is 7.31. The largest absolute Gasteiger partial charge is 0.493 e. The molecular weight excluding hydrogens is 340 g/mol. The van der Waals surface area contributed by atoms with Crippen molar-refractivity contribution in [3.05, 3.63) is 48.0 Å². The van der Waals surface area contributed by atoms with Crippen molar-refractivity contribution in [2.24, 2.45) is 0 Å². The summed E-state index contributed by atoms with van der Waals surface area (Å²) >= 11 is 1.40. The molecule has 0 radical (unpaired) electrons. The van der Waals surface area contributed by atoms with Gasteiger partial charge in [-0.2, -0.15) is 0 Å². The van der Waals surface area contributed by atoms with Crippen molar-refractivity contribution >= 4 is 38.4 Å². The summed E-state index contributed by atoms with van der Waals surface area (Å²) < 4.78 is 11.7. The number of rotatable bonds is 6. The van der Waals surface area contributed by atoms with Gasteiger partial charge in [0.1, 0.15) is 0 Å². The van der Waals surface area contributed by atoms with E-state index in [1.165, 1.54) is 25.4 Å². The molecule has 2 aromatic carbocycles. The molecule has 0 aliphatic rings. The molecule has 1 amide bonds. The topological polar surface area (TPSA) is 77.5 Å². The number of amides is 1. The zero-order valence-corrected chi connectivity index (χ0v) is 14.6. The van der Waals surface area contributed by atoms with Gasteiger partial charge in [0.05, 0.1) is 17.3 Å². The van der Waals surface area contributed by atoms with Crippen molar-refractivity contribution in [3.8, 4) is 11.5 Å². The maximum absolute atomic E-state index is 12.1. The fraction of sp³-hybridized carbons (Fsp3) is 0.167. The summed E-state index contributed by atoms with van der Waals surface area (Å²) in [6, 6.07) is 12.5. The molecular formula is C18H16N2O4S. The van der Waals surface area contributed by atoms with Gasteiger partial charge in [-0.05, 0) is 37.3 Å². The van der Waals surface area contributed by atoms with Crippen molar-refractivity contribution in [2.45, 2.75) is 6.92 Å². The van der Waals surface area contributed by atoms with Crippen LogP contribution in [0, 0.1) is 0 Å². The molecule has 0 spiro atoms. The zero-order chi connectivity index (χ0) is 17.8. The molecule has 25 heavy (non-hydrogen) atoms. The minimum absolute atomic E-state index is 0.0709. The van der Waals surface area contributed by atoms with Crippen molar-refractivity contribution in [3.63, 3.8) is 0 Å². The van der Waals surface area contributed by atoms with Gasteiger partial charge in [-0.3, -0.25) is 14.9 Å². The van der Waals surface area contributed by atoms with Crippen molar-refractivity contribution < 1.29 is 19.1 Å². The second-order valence-corrected chi connectivity index (χ2v) is 6.28. The number of carbonyl (C=O) groups excluding carboxylic acids is 2. The Morgan fingerprint density at radius 1 is 1.16 bits per heavy atom. The number of ketones is 1. The molecule has 128 valence electrons. The van der Waals surface area contributed by atoms with Gasteiger partial charge in [-0.25, -0.2) is 4.98 Å². The molecule has 0 aliphatic heterocycles. The molecule has 1 N–H and O–H groups in total. The molecule has 0 bridgehead atoms. The van der Waals surface area contributed by atoms with E-state index < -0.39 is 0 Å². The molecule has 6 nitrogen and oxygen atoms in total. The molecule has 1 heterocycles. The fourth-order valence-electron chi connectivity index (χ4n) is 2.23. The normalized spacial score (nSPS) is 10.5. The number of carbonyl (C=O) groups is 2. The Hall–Kier alpha value is -2.93. The van der Waals surface area contributed by atoms with E-state index in [1.54, 1.807) is 18.2 Å². The average molecular weight is 356 g/mol. The van der Waals surface area contributed by atoms with E-state index in [1.807, 2.05) is 24.3 Å². The van der Waals surface area contributed by atoms with E-state index in [9.17, 15) is 9.59 Å². The second-order valence-electron chi connectivity index (χ2n) is 5.25. The maximum atomic E-state index is 12.1. The van der Waals surface area contributed by atoms with Gasteiger partial charge in [-0.1, -0.05) is 23.5 Å². The number of ether oxygens (including phenoxy) is 2. The number of nitrogens with one attached hydrogen (secondary N) is 1. The minimum atomic E-state index is -0.322. The van der Waals surface area contributed by atoms with E-state index >= 15 is 0 Å². The highest BCUT2D eigenvalue weighted by Crippen LogP contribution is 2.28. The van der Waals surface area contributed by atoms with Crippen LogP contribution in [0.3, 0.4) is 0 Å². The summed E-state index contributed by atoms with van der Waals surface area (Å²) in [5, 5.41) is 3.24. The first-order valence-electron chi connectivity index (χ1n) is 7.54. The number of benzene rings is 2. The fourth-order valence-corrected chi connectivity index (χ4v) is 3.11. The van der Waals surface area contributed by atoms with Crippen LogP contribution in [0.1, 0.15) is 17.3 Å². The Morgan fingerprint density at radius 3 is 2.68 bits per heavy atom. The number of para-hydroxylation sites is 1. The molecule has 0 fully saturated rings. The van der Waals surface area contributed by atoms with Crippen LogP contribution in [0.2, 0.25) is 0 Å². The van der Waals surface area contributed by atoms with Crippen molar-refractivity contribution in [1.29, 1.82) is 0 Å². The van der Waals surface area contributed by atoms with E-state index in [0.717, 1.165) is 10.2 Å². The van der Waals surface area contributed by atoms with Crippen molar-refractivity contribution in [1.82, 2.24) is 4.98 Å². The standard InChI is InChI=1S/C18H16N2O4S/c1-11(21)12-7-8-14(15(9-12)23-2)24-10-17(22)20-18-19-13-5-3-4-6-16(13)25-18/h3-9H,10H2,1-2H3,(H,19,20,22). The van der Waals surface area contributed by atoms with E-state index in [4.69, 9.17) is 9.47 Å². The molecule has 0 unspecified atom stereocenters. The number of hydrogen-bond donors (Lipinski definition) is 1. The Labute approximate surface area is 148 Å². The Balaban J connectivity index is 1.64. The molecule has 1 aromatic heterocycles. The quantitative estimate of drug-likeness (QED) is 0.684. The molecule has 3 rings (SSSR count). The Bertz CT molecular complexity index is 903. The van der Waals surface area contributed by atoms with Gasteiger partial charge in [0.2, 0.25) is 0 Å². The maximum Gasteiger partial charge on any atom is 0.264 e. The van der Waals surface area contributed by atoms with Crippen LogP contribution in [0.5, 0.6) is 11.5 Å². The number of aromatic nitrogens is 1. The summed E-state index contributed by atoms with van der Waals surface area (Å²) in [7, 11) is 1.48. The summed E-state index contributed by atoms with van der Waals surface area (Å²) in [5.41, 5.74) is 1.35. The van der Waals surface area contributed by atoms with Gasteiger partial charge < -0.3 is 9.47 Å². The van der Waals surface area contributed by atoms with E-state index in [2.05, 4.69) is 10.3 Å². The smallest absolute Gasteiger partial charge is 0.264 e. The van der Waals surface area contributed by atoms with Crippen LogP contribution in [-0.4, -0.2) is 30.4 Å². The Kier molecular flexibility index (Phi) is 4.95. The first-order chi connectivity index (χ1) is 12.1. The minimum Gasteiger partial charge on any atom is -0.493 e. The highest BCUT2D eigenvalue weighted by Gasteiger charge is 2.12. The van der Waals surface area contributed by atoms with Crippen LogP contribution in [0.25, 0.3) is 10.2 Å². The molecule has 7 heteroatoms. The third kappa shape index (κ3) is 3.95. The summed E-state index contributed by atoms with van der Waals surface area (Å²) in [5.74, 6) is 0.405. The monoisotopic (exact) mass is 356 g/mol. The Morgan fingerprint density at radius 2 is 1.96 bits per heavy atom. The number of methoxy groups -OCH3 is 1. The van der Waals surface area contributed by atoms with Gasteiger partial charge in [0.25, 0.3) is 5.91 Å². The van der Waals surface area contributed by atoms with Crippen LogP contribution < -0.4 is 14.8 Å². The zero-order valence-electron chi connectivity index (χ0n) is 13.7. The van der Waals surface area contributed by atoms with Gasteiger partial charge in [0, 0.05) is 5.56 Å². The number of nitrogens with zero attached hydrogens (tertiary/aromatic N) is 1. The molecule has 0 atom stereocenters. The lowest BCUT2D eigenvalue weighted by Crippen LogP contribution is -2.20. The highest BCUT2D eigenvalue weighted by molar-refractivity contribution is 7.22. The van der Waals surface area contributed by atoms with Crippen molar-refractivity contribution in [2.75, 3.05) is 19.0 Å². The third-order valence-corrected chi connectivity index (χ3v) is 4.42. The molecule has 0 saturated carbocycles. The average Bonchev–Trinajstić information content (AvgIpc) is 3.01. The van der Waals surface area contributed by atoms with Crippen LogP contribution in [0.15, 0.2) is 42.5 Å². The number of anilines is 1. The van der Waals surface area contributed by atoms with Gasteiger partial charge >= 0.3 is 0 Å². The third-order valence-electron chi connectivity index (χ3n) is 3.47. The highest BCUT2D eigenvalue weighted by atomic mass is 32.1. The molecule has 0 saturated heterocycles. The summed E-state index contributed by atoms with van der Waals surface area (Å²) in [4.78, 5) is 27.8. The SMILES string of the molecule is COc1cc(C(C)=O)ccc1OCC(=O)Nc1nc2ccccc2s1. The number of hydrogen-bond acceptors (Lipinski definition) is 6. The van der Waals surface area contributed by atoms with Gasteiger partial charge in [0.15, 0.2) is 29.0 Å². The first-order valence-corrected chi connectivity index (χ1v) is 8.35. The van der Waals surface area contributed by atoms with Crippen LogP contribution in [-0.2, 0) is 4.79 Å². The van der Waals surface area contributed by atoms with Crippen LogP contribution >= 0.6 is 11.3 Å². The lowest BCUT2D eigenvalue weighted by atomic mass is 10.1. The molecule has 0 aliphatic carbocycles. The number of thiazole rings is 1. The lowest BCUT2D eigenvalue weighted by Gasteiger charge is -2.11. The summed E-state index contributed by atoms with van der Waals surface area (Å²) in [6.07, 6.45) is 0. The summed E-state index contributed by atoms with van der Waals surface area (Å²) in [6.45, 7) is 1.28. The van der Waals surface area contributed by atoms with Gasteiger partial charge in [-0.15, -0.1) is 0 Å². The first kappa shape index (κ1) is 16.9. The number of Topliss-reactive ketones (excluding diaryl/α,β-unsaturated/α-hetero) is 1. The van der Waals surface area contributed by atoms with E-state index in [0.29, 0.717) is 22.2 Å². The lowest BCUT2D eigenvalue weighted by molar-refractivity contribution is -0.118. The van der Waals surface area contributed by atoms with Crippen LogP contribution in [0.4, 0.5) is 5.13 Å². The molecule has 3 aromatic rings. The number of fused-ring (bicyclic) bond motifs is 1. The van der Waals surface area contributed by atoms with E-state index in [-0.39, 0.29) is 18.3 Å². The predicted octanol–water partition coefficient (Wildman–Crippen LogP) is 3.53.